The van der Waals surface area contributed by atoms with Crippen LogP contribution in [0.5, 0.6) is 0 Å². The molecule has 0 N–H and O–H groups in total. The van der Waals surface area contributed by atoms with E-state index >= 15 is 0 Å². The predicted octanol–water partition coefficient (Wildman–Crippen LogP) is 2.28. The van der Waals surface area contributed by atoms with E-state index in [0.717, 1.165) is 31.2 Å². The summed E-state index contributed by atoms with van der Waals surface area (Å²) < 4.78 is 11.8. The van der Waals surface area contributed by atoms with Gasteiger partial charge in [-0.15, -0.1) is 0 Å². The van der Waals surface area contributed by atoms with Crippen LogP contribution in [0.25, 0.3) is 0 Å². The summed E-state index contributed by atoms with van der Waals surface area (Å²) in [6, 6.07) is 10.0. The highest BCUT2D eigenvalue weighted by atomic mass is 16.5. The molecule has 0 spiro atoms. The Kier molecular flexibility index (Phi) is 4.07. The van der Waals surface area contributed by atoms with Gasteiger partial charge >= 0.3 is 5.97 Å². The lowest BCUT2D eigenvalue weighted by atomic mass is 9.66. The third-order valence-corrected chi connectivity index (χ3v) is 5.23. The topological polar surface area (TPSA) is 35.5 Å². The molecule has 1 aromatic carbocycles. The van der Waals surface area contributed by atoms with Crippen molar-refractivity contribution in [1.29, 1.82) is 0 Å². The van der Waals surface area contributed by atoms with Gasteiger partial charge in [0.1, 0.15) is 14.5 Å². The summed E-state index contributed by atoms with van der Waals surface area (Å²) in [5, 5.41) is 0. The normalized spacial score (nSPS) is 34.6. The van der Waals surface area contributed by atoms with Crippen LogP contribution in [-0.4, -0.2) is 25.4 Å². The van der Waals surface area contributed by atoms with Crippen molar-refractivity contribution >= 4 is 13.8 Å². The van der Waals surface area contributed by atoms with Crippen molar-refractivity contribution in [3.05, 3.63) is 35.9 Å². The Balaban J connectivity index is 1.71. The zero-order valence-electron chi connectivity index (χ0n) is 12.9. The second-order valence-corrected chi connectivity index (χ2v) is 6.37. The van der Waals surface area contributed by atoms with E-state index in [-0.39, 0.29) is 23.5 Å². The SMILES string of the molecule is B[C@@H]1O[C@@]2(CC)CCC[C@H]1C2C(=O)OCc1ccccc1. The molecule has 1 saturated heterocycles. The molecule has 2 bridgehead atoms. The van der Waals surface area contributed by atoms with Gasteiger partial charge in [0.15, 0.2) is 0 Å². The molecule has 1 aliphatic carbocycles. The summed E-state index contributed by atoms with van der Waals surface area (Å²) in [5.41, 5.74) is 0.754. The highest BCUT2D eigenvalue weighted by Crippen LogP contribution is 2.51. The van der Waals surface area contributed by atoms with Gasteiger partial charge < -0.3 is 9.47 Å². The minimum absolute atomic E-state index is 0.0743. The van der Waals surface area contributed by atoms with E-state index < -0.39 is 0 Å². The molecule has 0 radical (unpaired) electrons. The molecule has 2 aliphatic rings. The Morgan fingerprint density at radius 2 is 2.19 bits per heavy atom. The number of fused-ring (bicyclic) bond motifs is 2. The third kappa shape index (κ3) is 2.62. The third-order valence-electron chi connectivity index (χ3n) is 5.23. The molecule has 1 heterocycles. The fourth-order valence-electron chi connectivity index (χ4n) is 4.13. The molecule has 1 aliphatic heterocycles. The molecule has 1 saturated carbocycles. The fraction of sp³-hybridized carbons (Fsp3) is 0.588. The Morgan fingerprint density at radius 1 is 1.43 bits per heavy atom. The Labute approximate surface area is 127 Å². The number of carbonyl (C=O) groups excluding carboxylic acids is 1. The molecule has 2 fully saturated rings. The zero-order chi connectivity index (χ0) is 14.9. The van der Waals surface area contributed by atoms with Crippen molar-refractivity contribution in [3.63, 3.8) is 0 Å². The molecule has 1 unspecified atom stereocenters. The maximum Gasteiger partial charge on any atom is 0.312 e. The highest BCUT2D eigenvalue weighted by Gasteiger charge is 2.57. The first-order valence-corrected chi connectivity index (χ1v) is 8.04. The van der Waals surface area contributed by atoms with Crippen LogP contribution >= 0.6 is 0 Å². The lowest BCUT2D eigenvalue weighted by Crippen LogP contribution is -2.44. The van der Waals surface area contributed by atoms with Crippen LogP contribution in [0.4, 0.5) is 0 Å². The number of ether oxygens (including phenoxy) is 2. The van der Waals surface area contributed by atoms with E-state index in [1.54, 1.807) is 0 Å². The Morgan fingerprint density at radius 3 is 2.90 bits per heavy atom. The molecule has 112 valence electrons. The largest absolute Gasteiger partial charge is 0.461 e. The summed E-state index contributed by atoms with van der Waals surface area (Å²) in [7, 11) is 2.10. The first kappa shape index (κ1) is 14.6. The second kappa shape index (κ2) is 5.84. The number of hydrogen-bond donors (Lipinski definition) is 0. The van der Waals surface area contributed by atoms with Gasteiger partial charge in [-0.3, -0.25) is 4.79 Å². The van der Waals surface area contributed by atoms with Gasteiger partial charge in [0.2, 0.25) is 0 Å². The number of rotatable bonds is 4. The molecule has 3 rings (SSSR count). The van der Waals surface area contributed by atoms with E-state index in [1.807, 2.05) is 30.3 Å². The molecule has 21 heavy (non-hydrogen) atoms. The average molecular weight is 286 g/mol. The molecule has 4 heteroatoms. The summed E-state index contributed by atoms with van der Waals surface area (Å²) >= 11 is 0. The molecular formula is C17H23BO3. The van der Waals surface area contributed by atoms with Crippen LogP contribution in [-0.2, 0) is 20.9 Å². The van der Waals surface area contributed by atoms with Gasteiger partial charge in [-0.2, -0.15) is 0 Å². The lowest BCUT2D eigenvalue weighted by Gasteiger charge is -2.37. The van der Waals surface area contributed by atoms with Gasteiger partial charge in [-0.25, -0.2) is 0 Å². The summed E-state index contributed by atoms with van der Waals surface area (Å²) in [6.45, 7) is 2.48. The maximum absolute atomic E-state index is 12.6. The summed E-state index contributed by atoms with van der Waals surface area (Å²) in [5.74, 6) is 0.159. The van der Waals surface area contributed by atoms with Gasteiger partial charge in [0.25, 0.3) is 0 Å². The first-order chi connectivity index (χ1) is 10.2. The summed E-state index contributed by atoms with van der Waals surface area (Å²) in [4.78, 5) is 12.6. The standard InChI is InChI=1S/C17H23BO3/c1-2-17-10-6-9-13(15(18)21-17)14(17)16(19)20-11-12-7-4-3-5-8-12/h3-5,7-8,13-15H,2,6,9-11,18H2,1H3/t13-,14?,15+,17-/m0/s1. The van der Waals surface area contributed by atoms with Crippen molar-refractivity contribution in [2.24, 2.45) is 11.8 Å². The predicted molar refractivity (Wildman–Crippen MR) is 83.5 cm³/mol. The van der Waals surface area contributed by atoms with Crippen molar-refractivity contribution in [3.8, 4) is 0 Å². The van der Waals surface area contributed by atoms with Crippen molar-refractivity contribution in [2.45, 2.75) is 50.8 Å². The van der Waals surface area contributed by atoms with E-state index in [0.29, 0.717) is 12.5 Å². The zero-order valence-corrected chi connectivity index (χ0v) is 12.9. The van der Waals surface area contributed by atoms with Crippen molar-refractivity contribution in [1.82, 2.24) is 0 Å². The molecule has 1 aromatic rings. The van der Waals surface area contributed by atoms with Crippen molar-refractivity contribution in [2.75, 3.05) is 0 Å². The fourth-order valence-corrected chi connectivity index (χ4v) is 4.13. The van der Waals surface area contributed by atoms with E-state index in [1.165, 1.54) is 0 Å². The molecule has 4 atom stereocenters. The smallest absolute Gasteiger partial charge is 0.312 e. The second-order valence-electron chi connectivity index (χ2n) is 6.37. The van der Waals surface area contributed by atoms with Gasteiger partial charge in [-0.1, -0.05) is 43.7 Å². The van der Waals surface area contributed by atoms with Crippen LogP contribution in [0.1, 0.15) is 38.2 Å². The minimum Gasteiger partial charge on any atom is -0.461 e. The van der Waals surface area contributed by atoms with E-state index in [2.05, 4.69) is 14.8 Å². The van der Waals surface area contributed by atoms with Crippen LogP contribution < -0.4 is 0 Å². The number of esters is 1. The van der Waals surface area contributed by atoms with Crippen LogP contribution in [0.15, 0.2) is 30.3 Å². The highest BCUT2D eigenvalue weighted by molar-refractivity contribution is 6.11. The number of carbonyl (C=O) groups is 1. The van der Waals surface area contributed by atoms with Crippen LogP contribution in [0, 0.1) is 11.8 Å². The Hall–Kier alpha value is -1.29. The van der Waals surface area contributed by atoms with Gasteiger partial charge in [0.05, 0.1) is 11.5 Å². The van der Waals surface area contributed by atoms with Gasteiger partial charge in [0, 0.05) is 6.00 Å². The molecule has 3 nitrogen and oxygen atoms in total. The number of benzene rings is 1. The maximum atomic E-state index is 12.6. The molecule has 0 amide bonds. The molecule has 0 aromatic heterocycles. The monoisotopic (exact) mass is 286 g/mol. The van der Waals surface area contributed by atoms with E-state index in [9.17, 15) is 4.79 Å². The average Bonchev–Trinajstić information content (AvgIpc) is 2.69. The quantitative estimate of drug-likeness (QED) is 0.629. The van der Waals surface area contributed by atoms with Gasteiger partial charge in [-0.05, 0) is 30.7 Å². The van der Waals surface area contributed by atoms with Crippen LogP contribution in [0.2, 0.25) is 0 Å². The first-order valence-electron chi connectivity index (χ1n) is 8.04. The van der Waals surface area contributed by atoms with E-state index in [4.69, 9.17) is 9.47 Å². The minimum atomic E-state index is -0.282. The Bertz CT molecular complexity index is 504. The lowest BCUT2D eigenvalue weighted by molar-refractivity contribution is -0.160. The van der Waals surface area contributed by atoms with Crippen LogP contribution in [0.3, 0.4) is 0 Å². The number of hydrogen-bond acceptors (Lipinski definition) is 3. The molecular weight excluding hydrogens is 263 g/mol. The van der Waals surface area contributed by atoms with Crippen molar-refractivity contribution < 1.29 is 14.3 Å². The summed E-state index contributed by atoms with van der Waals surface area (Å²) in [6.07, 6.45) is 4.10.